The lowest BCUT2D eigenvalue weighted by Gasteiger charge is -2.06. The van der Waals surface area contributed by atoms with Crippen LogP contribution in [-0.4, -0.2) is 59.8 Å². The molecule has 0 spiro atoms. The number of aliphatic hydroxyl groups excluding tert-OH is 1. The molecule has 0 bridgehead atoms. The zero-order valence-electron chi connectivity index (χ0n) is 10.4. The van der Waals surface area contributed by atoms with Crippen LogP contribution in [0.15, 0.2) is 4.52 Å². The molecule has 1 aliphatic heterocycles. The average Bonchev–Trinajstić information content (AvgIpc) is 2.97. The van der Waals surface area contributed by atoms with Crippen molar-refractivity contribution >= 4 is 11.8 Å². The third-order valence-corrected chi connectivity index (χ3v) is 3.93. The monoisotopic (exact) mass is 274 g/mol. The first kappa shape index (κ1) is 13.8. The number of nitrogens with zero attached hydrogens (tertiary/aromatic N) is 2. The second kappa shape index (κ2) is 7.08. The van der Waals surface area contributed by atoms with E-state index in [0.29, 0.717) is 38.0 Å². The van der Waals surface area contributed by atoms with Crippen LogP contribution in [-0.2, 0) is 15.9 Å². The maximum atomic E-state index is 9.74. The van der Waals surface area contributed by atoms with E-state index in [4.69, 9.17) is 14.0 Å². The van der Waals surface area contributed by atoms with Crippen LogP contribution in [0.2, 0.25) is 0 Å². The number of ether oxygens (including phenoxy) is 2. The highest BCUT2D eigenvalue weighted by molar-refractivity contribution is 7.99. The summed E-state index contributed by atoms with van der Waals surface area (Å²) in [6, 6.07) is 0. The van der Waals surface area contributed by atoms with E-state index in [1.54, 1.807) is 18.9 Å². The molecule has 1 aromatic heterocycles. The predicted molar refractivity (Wildman–Crippen MR) is 66.8 cm³/mol. The lowest BCUT2D eigenvalue weighted by molar-refractivity contribution is 0.0714. The maximum absolute atomic E-state index is 9.74. The molecule has 0 aromatic carbocycles. The second-order valence-corrected chi connectivity index (χ2v) is 5.19. The van der Waals surface area contributed by atoms with Crippen LogP contribution in [0.4, 0.5) is 0 Å². The summed E-state index contributed by atoms with van der Waals surface area (Å²) in [4.78, 5) is 4.30. The van der Waals surface area contributed by atoms with Crippen molar-refractivity contribution in [2.45, 2.75) is 18.4 Å². The number of rotatable bonds is 7. The van der Waals surface area contributed by atoms with Gasteiger partial charge >= 0.3 is 0 Å². The highest BCUT2D eigenvalue weighted by atomic mass is 32.2. The van der Waals surface area contributed by atoms with Crippen LogP contribution in [0.3, 0.4) is 0 Å². The van der Waals surface area contributed by atoms with Gasteiger partial charge in [-0.2, -0.15) is 16.7 Å². The Morgan fingerprint density at radius 1 is 1.39 bits per heavy atom. The Kier molecular flexibility index (Phi) is 5.43. The molecule has 1 N–H and O–H groups in total. The molecule has 0 amide bonds. The van der Waals surface area contributed by atoms with Gasteiger partial charge in [-0.3, -0.25) is 0 Å². The summed E-state index contributed by atoms with van der Waals surface area (Å²) in [5, 5.41) is 13.6. The third kappa shape index (κ3) is 3.68. The molecule has 1 aliphatic rings. The Balaban J connectivity index is 1.75. The Labute approximate surface area is 110 Å². The van der Waals surface area contributed by atoms with Crippen molar-refractivity contribution in [1.29, 1.82) is 0 Å². The van der Waals surface area contributed by atoms with Crippen LogP contribution in [0.5, 0.6) is 0 Å². The van der Waals surface area contributed by atoms with E-state index in [2.05, 4.69) is 10.1 Å². The molecule has 18 heavy (non-hydrogen) atoms. The van der Waals surface area contributed by atoms with Crippen molar-refractivity contribution in [1.82, 2.24) is 10.1 Å². The van der Waals surface area contributed by atoms with Gasteiger partial charge in [-0.25, -0.2) is 0 Å². The summed E-state index contributed by atoms with van der Waals surface area (Å²) >= 11 is 1.70. The van der Waals surface area contributed by atoms with Gasteiger partial charge in [0.15, 0.2) is 5.82 Å². The molecule has 7 heteroatoms. The molecule has 0 aliphatic carbocycles. The molecule has 6 nitrogen and oxygen atoms in total. The zero-order valence-corrected chi connectivity index (χ0v) is 11.2. The van der Waals surface area contributed by atoms with Gasteiger partial charge in [-0.1, -0.05) is 5.16 Å². The van der Waals surface area contributed by atoms with Crippen molar-refractivity contribution in [3.63, 3.8) is 0 Å². The lowest BCUT2D eigenvalue weighted by atomic mass is 10.1. The number of aromatic nitrogens is 2. The maximum Gasteiger partial charge on any atom is 0.233 e. The van der Waals surface area contributed by atoms with Crippen molar-refractivity contribution in [3.05, 3.63) is 11.7 Å². The first-order chi connectivity index (χ1) is 8.81. The minimum absolute atomic E-state index is 0.0225. The Bertz CT molecular complexity index is 361. The highest BCUT2D eigenvalue weighted by Gasteiger charge is 2.31. The minimum atomic E-state index is -0.374. The summed E-state index contributed by atoms with van der Waals surface area (Å²) in [5.41, 5.74) is 0. The SMILES string of the molecule is COCCOCCc1noc(C2CSCC2O)n1. The van der Waals surface area contributed by atoms with Gasteiger partial charge in [0.1, 0.15) is 0 Å². The lowest BCUT2D eigenvalue weighted by Crippen LogP contribution is -2.16. The van der Waals surface area contributed by atoms with Gasteiger partial charge in [-0.15, -0.1) is 0 Å². The molecule has 2 unspecified atom stereocenters. The fourth-order valence-electron chi connectivity index (χ4n) is 1.71. The van der Waals surface area contributed by atoms with Crippen LogP contribution in [0.1, 0.15) is 17.6 Å². The van der Waals surface area contributed by atoms with Crippen LogP contribution < -0.4 is 0 Å². The van der Waals surface area contributed by atoms with Gasteiger partial charge in [0.25, 0.3) is 0 Å². The molecule has 2 atom stereocenters. The molecule has 102 valence electrons. The zero-order chi connectivity index (χ0) is 12.8. The third-order valence-electron chi connectivity index (χ3n) is 2.75. The quantitative estimate of drug-likeness (QED) is 0.724. The molecular weight excluding hydrogens is 256 g/mol. The van der Waals surface area contributed by atoms with Gasteiger partial charge in [0, 0.05) is 25.0 Å². The standard InChI is InChI=1S/C11H18N2O4S/c1-15-4-5-16-3-2-10-12-11(17-13-10)8-6-18-7-9(8)14/h8-9,14H,2-7H2,1H3. The Morgan fingerprint density at radius 2 is 2.28 bits per heavy atom. The molecular formula is C11H18N2O4S. The van der Waals surface area contributed by atoms with Gasteiger partial charge in [-0.05, 0) is 0 Å². The second-order valence-electron chi connectivity index (χ2n) is 4.12. The summed E-state index contributed by atoms with van der Waals surface area (Å²) in [6.45, 7) is 1.70. The molecule has 1 fully saturated rings. The van der Waals surface area contributed by atoms with Crippen LogP contribution in [0.25, 0.3) is 0 Å². The van der Waals surface area contributed by atoms with E-state index in [9.17, 15) is 5.11 Å². The number of aliphatic hydroxyl groups is 1. The van der Waals surface area contributed by atoms with E-state index in [1.165, 1.54) is 0 Å². The Hall–Kier alpha value is -0.630. The van der Waals surface area contributed by atoms with Crippen LogP contribution in [0, 0.1) is 0 Å². The molecule has 1 aromatic rings. The van der Waals surface area contributed by atoms with Crippen molar-refractivity contribution in [2.24, 2.45) is 0 Å². The van der Waals surface area contributed by atoms with Gasteiger partial charge in [0.05, 0.1) is 31.8 Å². The summed E-state index contributed by atoms with van der Waals surface area (Å²) in [6.07, 6.45) is 0.240. The van der Waals surface area contributed by atoms with Gasteiger partial charge in [0.2, 0.25) is 5.89 Å². The number of hydrogen-bond acceptors (Lipinski definition) is 7. The number of methoxy groups -OCH3 is 1. The molecule has 0 saturated carbocycles. The van der Waals surface area contributed by atoms with E-state index < -0.39 is 0 Å². The number of thioether (sulfide) groups is 1. The summed E-state index contributed by atoms with van der Waals surface area (Å²) in [7, 11) is 1.64. The molecule has 0 radical (unpaired) electrons. The van der Waals surface area contributed by atoms with Crippen molar-refractivity contribution in [3.8, 4) is 0 Å². The fraction of sp³-hybridized carbons (Fsp3) is 0.818. The first-order valence-electron chi connectivity index (χ1n) is 5.96. The summed E-state index contributed by atoms with van der Waals surface area (Å²) in [5.74, 6) is 2.73. The first-order valence-corrected chi connectivity index (χ1v) is 7.11. The van der Waals surface area contributed by atoms with E-state index >= 15 is 0 Å². The minimum Gasteiger partial charge on any atom is -0.391 e. The molecule has 1 saturated heterocycles. The topological polar surface area (TPSA) is 77.6 Å². The normalized spacial score (nSPS) is 23.7. The predicted octanol–water partition coefficient (Wildman–Crippen LogP) is 0.466. The van der Waals surface area contributed by atoms with Crippen LogP contribution >= 0.6 is 11.8 Å². The summed E-state index contributed by atoms with van der Waals surface area (Å²) < 4.78 is 15.4. The number of hydrogen-bond donors (Lipinski definition) is 1. The largest absolute Gasteiger partial charge is 0.391 e. The molecule has 2 rings (SSSR count). The van der Waals surface area contributed by atoms with E-state index in [0.717, 1.165) is 11.5 Å². The highest BCUT2D eigenvalue weighted by Crippen LogP contribution is 2.31. The smallest absolute Gasteiger partial charge is 0.233 e. The average molecular weight is 274 g/mol. The van der Waals surface area contributed by atoms with Crippen molar-refractivity contribution < 1.29 is 19.1 Å². The van der Waals surface area contributed by atoms with E-state index in [1.807, 2.05) is 0 Å². The Morgan fingerprint density at radius 3 is 3.00 bits per heavy atom. The fourth-order valence-corrected chi connectivity index (χ4v) is 2.93. The molecule has 2 heterocycles. The van der Waals surface area contributed by atoms with E-state index in [-0.39, 0.29) is 12.0 Å². The van der Waals surface area contributed by atoms with Gasteiger partial charge < -0.3 is 19.1 Å². The van der Waals surface area contributed by atoms with Crippen molar-refractivity contribution in [2.75, 3.05) is 38.4 Å².